The summed E-state index contributed by atoms with van der Waals surface area (Å²) in [5.74, 6) is 0.121. The molecule has 0 aliphatic rings. The van der Waals surface area contributed by atoms with E-state index in [2.05, 4.69) is 35.4 Å². The molecule has 0 fully saturated rings. The third-order valence-corrected chi connectivity index (χ3v) is 3.64. The van der Waals surface area contributed by atoms with Gasteiger partial charge in [0.2, 0.25) is 0 Å². The molecule has 0 bridgehead atoms. The molecule has 2 aromatic rings. The van der Waals surface area contributed by atoms with E-state index >= 15 is 0 Å². The highest BCUT2D eigenvalue weighted by atomic mass is 32.1. The molecule has 5 nitrogen and oxygen atoms in total. The van der Waals surface area contributed by atoms with E-state index in [1.807, 2.05) is 0 Å². The molecule has 2 rings (SSSR count). The number of rotatable bonds is 3. The molecule has 0 spiro atoms. The number of aromatic amines is 1. The number of hydrogen-bond acceptors (Lipinski definition) is 4. The van der Waals surface area contributed by atoms with Crippen LogP contribution in [0.5, 0.6) is 0 Å². The number of H-pyrrole nitrogens is 1. The van der Waals surface area contributed by atoms with Crippen LogP contribution in [0.2, 0.25) is 0 Å². The topological polar surface area (TPSA) is 83.8 Å². The van der Waals surface area contributed by atoms with Gasteiger partial charge >= 0.3 is 0 Å². The number of nitrogens with one attached hydrogen (secondary N) is 2. The average molecular weight is 250 g/mol. The fourth-order valence-corrected chi connectivity index (χ4v) is 2.45. The van der Waals surface area contributed by atoms with Crippen LogP contribution in [0, 0.1) is 13.8 Å². The zero-order valence-electron chi connectivity index (χ0n) is 9.70. The van der Waals surface area contributed by atoms with Crippen molar-refractivity contribution in [3.05, 3.63) is 33.1 Å². The average Bonchev–Trinajstić information content (AvgIpc) is 2.83. The lowest BCUT2D eigenvalue weighted by Crippen LogP contribution is -2.22. The molecule has 1 amide bonds. The van der Waals surface area contributed by atoms with E-state index in [-0.39, 0.29) is 5.91 Å². The first-order valence-electron chi connectivity index (χ1n) is 5.21. The van der Waals surface area contributed by atoms with Crippen molar-refractivity contribution in [2.45, 2.75) is 20.4 Å². The molecule has 6 heteroatoms. The number of thiophene rings is 1. The molecule has 17 heavy (non-hydrogen) atoms. The zero-order chi connectivity index (χ0) is 12.4. The molecule has 2 aromatic heterocycles. The Bertz CT molecular complexity index is 524. The summed E-state index contributed by atoms with van der Waals surface area (Å²) in [6.07, 6.45) is 0. The van der Waals surface area contributed by atoms with E-state index in [9.17, 15) is 4.79 Å². The number of carbonyl (C=O) groups excluding carboxylic acids is 1. The molecular formula is C11H14N4OS. The van der Waals surface area contributed by atoms with Gasteiger partial charge in [-0.15, -0.1) is 11.3 Å². The first kappa shape index (κ1) is 11.7. The van der Waals surface area contributed by atoms with Crippen LogP contribution in [-0.4, -0.2) is 16.1 Å². The Hall–Kier alpha value is -1.82. The lowest BCUT2D eigenvalue weighted by atomic mass is 10.3. The van der Waals surface area contributed by atoms with E-state index < -0.39 is 0 Å². The number of nitrogens with two attached hydrogens (primary N) is 1. The van der Waals surface area contributed by atoms with Crippen molar-refractivity contribution in [3.8, 4) is 0 Å². The molecule has 0 saturated heterocycles. The quantitative estimate of drug-likeness (QED) is 0.773. The molecule has 90 valence electrons. The van der Waals surface area contributed by atoms with Crippen LogP contribution in [0.4, 0.5) is 5.82 Å². The molecule has 2 heterocycles. The van der Waals surface area contributed by atoms with E-state index in [1.54, 1.807) is 11.3 Å². The van der Waals surface area contributed by atoms with Crippen molar-refractivity contribution in [1.82, 2.24) is 15.5 Å². The monoisotopic (exact) mass is 250 g/mol. The highest BCUT2D eigenvalue weighted by molar-refractivity contribution is 7.12. The SMILES string of the molecule is Cc1cc(CNC(=O)c2cc(N)n[nH]2)sc1C. The molecular weight excluding hydrogens is 236 g/mol. The van der Waals surface area contributed by atoms with Crippen LogP contribution in [0.3, 0.4) is 0 Å². The fourth-order valence-electron chi connectivity index (χ4n) is 1.45. The zero-order valence-corrected chi connectivity index (χ0v) is 10.5. The number of amides is 1. The highest BCUT2D eigenvalue weighted by Gasteiger charge is 2.09. The van der Waals surface area contributed by atoms with Crippen LogP contribution in [0.1, 0.15) is 25.8 Å². The second-order valence-corrected chi connectivity index (χ2v) is 5.18. The number of nitrogens with zero attached hydrogens (tertiary/aromatic N) is 1. The Balaban J connectivity index is 1.96. The van der Waals surface area contributed by atoms with E-state index in [1.165, 1.54) is 16.5 Å². The minimum Gasteiger partial charge on any atom is -0.382 e. The van der Waals surface area contributed by atoms with Gasteiger partial charge in [0, 0.05) is 15.8 Å². The van der Waals surface area contributed by atoms with Gasteiger partial charge in [-0.05, 0) is 25.5 Å². The maximum Gasteiger partial charge on any atom is 0.269 e. The first-order chi connectivity index (χ1) is 8.06. The summed E-state index contributed by atoms with van der Waals surface area (Å²) >= 11 is 1.69. The van der Waals surface area contributed by atoms with Crippen LogP contribution in [0.15, 0.2) is 12.1 Å². The third-order valence-electron chi connectivity index (χ3n) is 2.48. The second kappa shape index (κ2) is 4.58. The predicted molar refractivity (Wildman–Crippen MR) is 68.0 cm³/mol. The van der Waals surface area contributed by atoms with E-state index in [0.717, 1.165) is 4.88 Å². The molecule has 0 radical (unpaired) electrons. The van der Waals surface area contributed by atoms with Gasteiger partial charge in [0.1, 0.15) is 11.5 Å². The van der Waals surface area contributed by atoms with Gasteiger partial charge in [-0.2, -0.15) is 5.10 Å². The summed E-state index contributed by atoms with van der Waals surface area (Å²) in [5.41, 5.74) is 7.06. The summed E-state index contributed by atoms with van der Waals surface area (Å²) in [6.45, 7) is 4.66. The van der Waals surface area contributed by atoms with Crippen molar-refractivity contribution < 1.29 is 4.79 Å². The molecule has 0 aromatic carbocycles. The molecule has 0 unspecified atom stereocenters. The fraction of sp³-hybridized carbons (Fsp3) is 0.273. The Kier molecular flexibility index (Phi) is 3.14. The van der Waals surface area contributed by atoms with Gasteiger partial charge in [-0.3, -0.25) is 9.89 Å². The lowest BCUT2D eigenvalue weighted by Gasteiger charge is -2.00. The Morgan fingerprint density at radius 3 is 2.82 bits per heavy atom. The number of carbonyl (C=O) groups is 1. The summed E-state index contributed by atoms with van der Waals surface area (Å²) < 4.78 is 0. The van der Waals surface area contributed by atoms with Crippen LogP contribution in [0.25, 0.3) is 0 Å². The van der Waals surface area contributed by atoms with E-state index in [0.29, 0.717) is 18.1 Å². The number of nitrogen functional groups attached to an aromatic ring is 1. The number of anilines is 1. The number of hydrogen-bond donors (Lipinski definition) is 3. The largest absolute Gasteiger partial charge is 0.382 e. The van der Waals surface area contributed by atoms with Crippen molar-refractivity contribution in [2.24, 2.45) is 0 Å². The summed E-state index contributed by atoms with van der Waals surface area (Å²) in [5, 5.41) is 9.09. The summed E-state index contributed by atoms with van der Waals surface area (Å²) in [7, 11) is 0. The van der Waals surface area contributed by atoms with Gasteiger partial charge in [0.05, 0.1) is 6.54 Å². The van der Waals surface area contributed by atoms with Crippen molar-refractivity contribution in [3.63, 3.8) is 0 Å². The lowest BCUT2D eigenvalue weighted by molar-refractivity contribution is 0.0946. The Labute approximate surface area is 103 Å². The second-order valence-electron chi connectivity index (χ2n) is 3.84. The molecule has 0 aliphatic carbocycles. The highest BCUT2D eigenvalue weighted by Crippen LogP contribution is 2.20. The van der Waals surface area contributed by atoms with Gasteiger partial charge in [-0.25, -0.2) is 0 Å². The standard InChI is InChI=1S/C11H14N4OS/c1-6-3-8(17-7(6)2)5-13-11(16)9-4-10(12)15-14-9/h3-4H,5H2,1-2H3,(H,13,16)(H3,12,14,15). The van der Waals surface area contributed by atoms with Gasteiger partial charge in [0.15, 0.2) is 0 Å². The van der Waals surface area contributed by atoms with Crippen molar-refractivity contribution in [2.75, 3.05) is 5.73 Å². The van der Waals surface area contributed by atoms with Crippen molar-refractivity contribution in [1.29, 1.82) is 0 Å². The Morgan fingerprint density at radius 1 is 1.53 bits per heavy atom. The first-order valence-corrected chi connectivity index (χ1v) is 6.03. The number of aromatic nitrogens is 2. The van der Waals surface area contributed by atoms with E-state index in [4.69, 9.17) is 5.73 Å². The van der Waals surface area contributed by atoms with Crippen molar-refractivity contribution >= 4 is 23.1 Å². The van der Waals surface area contributed by atoms with Crippen LogP contribution >= 0.6 is 11.3 Å². The number of aryl methyl sites for hydroxylation is 2. The van der Waals surface area contributed by atoms with Crippen LogP contribution < -0.4 is 11.1 Å². The minimum atomic E-state index is -0.196. The molecule has 0 aliphatic heterocycles. The smallest absolute Gasteiger partial charge is 0.269 e. The molecule has 0 atom stereocenters. The Morgan fingerprint density at radius 2 is 2.29 bits per heavy atom. The maximum atomic E-state index is 11.7. The van der Waals surface area contributed by atoms with Crippen LogP contribution in [-0.2, 0) is 6.54 Å². The summed E-state index contributed by atoms with van der Waals surface area (Å²) in [4.78, 5) is 14.1. The molecule has 0 saturated carbocycles. The maximum absolute atomic E-state index is 11.7. The normalized spacial score (nSPS) is 10.5. The summed E-state index contributed by atoms with van der Waals surface area (Å²) in [6, 6.07) is 3.60. The van der Waals surface area contributed by atoms with Gasteiger partial charge in [-0.1, -0.05) is 0 Å². The predicted octanol–water partition coefficient (Wildman–Crippen LogP) is 1.60. The van der Waals surface area contributed by atoms with Gasteiger partial charge < -0.3 is 11.1 Å². The molecule has 4 N–H and O–H groups in total. The minimum absolute atomic E-state index is 0.196. The third kappa shape index (κ3) is 2.65. The van der Waals surface area contributed by atoms with Gasteiger partial charge in [0.25, 0.3) is 5.91 Å².